The number of hydrogen-bond donors (Lipinski definition) is 9. The molecule has 9 N–H and O–H groups in total. The predicted molar refractivity (Wildman–Crippen MR) is 401 cm³/mol. The molecule has 2 rings (SSSR count). The Bertz CT molecular complexity index is 1770. The lowest BCUT2D eigenvalue weighted by atomic mass is 9.97. The highest BCUT2D eigenvalue weighted by Crippen LogP contribution is 2.30. The maximum atomic E-state index is 13.4. The van der Waals surface area contributed by atoms with E-state index in [0.29, 0.717) is 12.8 Å². The van der Waals surface area contributed by atoms with Gasteiger partial charge in [0.05, 0.1) is 32.0 Å². The van der Waals surface area contributed by atoms with Gasteiger partial charge >= 0.3 is 0 Å². The van der Waals surface area contributed by atoms with E-state index >= 15 is 0 Å². The minimum Gasteiger partial charge on any atom is -0.394 e. The number of allylic oxidation sites excluding steroid dienone is 5. The van der Waals surface area contributed by atoms with Crippen molar-refractivity contribution in [3.63, 3.8) is 0 Å². The predicted octanol–water partition coefficient (Wildman–Crippen LogP) is 19.2. The van der Waals surface area contributed by atoms with Crippen LogP contribution in [0.4, 0.5) is 0 Å². The van der Waals surface area contributed by atoms with Crippen LogP contribution in [0.2, 0.25) is 0 Å². The minimum absolute atomic E-state index is 0.240. The fourth-order valence-electron chi connectivity index (χ4n) is 14.0. The standard InChI is InChI=1S/C83H157NO13/c1-3-5-7-9-11-13-15-17-19-21-23-25-27-29-31-32-33-34-35-36-37-38-39-40-41-43-45-47-49-51-53-55-57-59-61-63-65-67-75(88)84-71(70-94-82-80(93)78(91)81(74(69-86)96-82)97-83-79(92)77(90)76(89)73(68-85)95-83)72(87)66-64-62-60-58-56-54-52-50-48-46-44-42-30-28-26-24-22-20-18-16-14-12-10-8-6-4-2/h21,23,56,58,64,66,71-74,76-83,85-87,89-93H,3-20,22,24-55,57,59-63,65,67-70H2,1-2H3,(H,84,88)/b23-21-,58-56+,66-64+. The summed E-state index contributed by atoms with van der Waals surface area (Å²) in [4.78, 5) is 13.4. The normalized spacial score (nSPS) is 22.2. The maximum Gasteiger partial charge on any atom is 0.220 e. The quantitative estimate of drug-likeness (QED) is 0.0204. The number of nitrogens with one attached hydrogen (secondary N) is 1. The van der Waals surface area contributed by atoms with Crippen LogP contribution in [0.3, 0.4) is 0 Å². The van der Waals surface area contributed by atoms with Gasteiger partial charge in [-0.15, -0.1) is 0 Å². The molecule has 1 amide bonds. The second-order valence-electron chi connectivity index (χ2n) is 29.6. The summed E-state index contributed by atoms with van der Waals surface area (Å²) in [7, 11) is 0. The Hall–Kier alpha value is -1.79. The van der Waals surface area contributed by atoms with Crippen LogP contribution in [-0.2, 0) is 23.7 Å². The molecule has 0 aromatic heterocycles. The highest BCUT2D eigenvalue weighted by molar-refractivity contribution is 5.76. The molecule has 12 atom stereocenters. The van der Waals surface area contributed by atoms with Gasteiger partial charge in [0.2, 0.25) is 5.91 Å². The summed E-state index contributed by atoms with van der Waals surface area (Å²) in [6.07, 6.45) is 72.5. The van der Waals surface area contributed by atoms with Gasteiger partial charge in [0.25, 0.3) is 0 Å². The summed E-state index contributed by atoms with van der Waals surface area (Å²) in [5.74, 6) is -0.240. The number of aliphatic hydroxyl groups excluding tert-OH is 8. The molecule has 0 aliphatic carbocycles. The first-order chi connectivity index (χ1) is 47.6. The van der Waals surface area contributed by atoms with E-state index < -0.39 is 86.8 Å². The van der Waals surface area contributed by atoms with Crippen LogP contribution in [0.25, 0.3) is 0 Å². The Morgan fingerprint density at radius 1 is 0.361 bits per heavy atom. The lowest BCUT2D eigenvalue weighted by molar-refractivity contribution is -0.359. The molecule has 0 aromatic rings. The molecule has 0 bridgehead atoms. The third kappa shape index (κ3) is 50.3. The SMILES string of the molecule is CCCCCCCCCC/C=C\CCCCCCCCCCCCCCCCCCCCCCCCCCCC(=O)NC(COC1OC(CO)C(OC2OC(CO)C(O)C(O)C2O)C(O)C1O)C(O)/C=C/CC/C=C/CCCCCCCCCCCCCCCCCCCCCC. The molecule has 572 valence electrons. The first-order valence-corrected chi connectivity index (χ1v) is 41.7. The summed E-state index contributed by atoms with van der Waals surface area (Å²) < 4.78 is 22.9. The fourth-order valence-corrected chi connectivity index (χ4v) is 14.0. The van der Waals surface area contributed by atoms with E-state index in [4.69, 9.17) is 18.9 Å². The van der Waals surface area contributed by atoms with E-state index in [-0.39, 0.29) is 18.9 Å². The van der Waals surface area contributed by atoms with E-state index in [1.165, 1.54) is 327 Å². The van der Waals surface area contributed by atoms with Crippen molar-refractivity contribution in [2.45, 2.75) is 466 Å². The summed E-state index contributed by atoms with van der Waals surface area (Å²) in [5, 5.41) is 87.7. The van der Waals surface area contributed by atoms with Crippen molar-refractivity contribution in [3.05, 3.63) is 36.5 Å². The van der Waals surface area contributed by atoms with Gasteiger partial charge < -0.3 is 65.1 Å². The van der Waals surface area contributed by atoms with Crippen LogP contribution in [0, 0.1) is 0 Å². The highest BCUT2D eigenvalue weighted by atomic mass is 16.7. The Morgan fingerprint density at radius 2 is 0.660 bits per heavy atom. The number of rotatable bonds is 71. The average molecular weight is 1380 g/mol. The van der Waals surface area contributed by atoms with Crippen molar-refractivity contribution in [3.8, 4) is 0 Å². The van der Waals surface area contributed by atoms with E-state index in [1.807, 2.05) is 6.08 Å². The number of amides is 1. The lowest BCUT2D eigenvalue weighted by Crippen LogP contribution is -2.65. The Kier molecular flexibility index (Phi) is 63.4. The summed E-state index contributed by atoms with van der Waals surface area (Å²) in [5.41, 5.74) is 0. The summed E-state index contributed by atoms with van der Waals surface area (Å²) in [6.45, 7) is 2.85. The second-order valence-corrected chi connectivity index (χ2v) is 29.6. The second kappa shape index (κ2) is 67.4. The zero-order valence-electron chi connectivity index (χ0n) is 62.9. The number of carbonyl (C=O) groups excluding carboxylic acids is 1. The van der Waals surface area contributed by atoms with Crippen molar-refractivity contribution in [1.29, 1.82) is 0 Å². The molecule has 0 radical (unpaired) electrons. The van der Waals surface area contributed by atoms with Gasteiger partial charge in [-0.2, -0.15) is 0 Å². The first-order valence-electron chi connectivity index (χ1n) is 41.7. The molecule has 0 saturated carbocycles. The van der Waals surface area contributed by atoms with Crippen LogP contribution in [-0.4, -0.2) is 140 Å². The van der Waals surface area contributed by atoms with Crippen molar-refractivity contribution >= 4 is 5.91 Å². The molecular weight excluding hydrogens is 1220 g/mol. The van der Waals surface area contributed by atoms with E-state index in [0.717, 1.165) is 32.1 Å². The molecule has 14 heteroatoms. The topological polar surface area (TPSA) is 228 Å². The molecule has 2 fully saturated rings. The largest absolute Gasteiger partial charge is 0.394 e. The molecular formula is C83H157NO13. The van der Waals surface area contributed by atoms with E-state index in [1.54, 1.807) is 6.08 Å². The zero-order valence-corrected chi connectivity index (χ0v) is 62.9. The first kappa shape index (κ1) is 91.3. The van der Waals surface area contributed by atoms with Gasteiger partial charge in [0.1, 0.15) is 48.8 Å². The van der Waals surface area contributed by atoms with Crippen LogP contribution in [0.1, 0.15) is 393 Å². The summed E-state index contributed by atoms with van der Waals surface area (Å²) in [6, 6.07) is -0.932. The molecule has 2 saturated heterocycles. The van der Waals surface area contributed by atoms with Crippen LogP contribution in [0.15, 0.2) is 36.5 Å². The van der Waals surface area contributed by atoms with Gasteiger partial charge in [-0.25, -0.2) is 0 Å². The van der Waals surface area contributed by atoms with Gasteiger partial charge in [0, 0.05) is 6.42 Å². The van der Waals surface area contributed by atoms with Crippen LogP contribution in [0.5, 0.6) is 0 Å². The summed E-state index contributed by atoms with van der Waals surface area (Å²) >= 11 is 0. The van der Waals surface area contributed by atoms with Crippen molar-refractivity contribution < 1.29 is 64.6 Å². The van der Waals surface area contributed by atoms with Crippen LogP contribution < -0.4 is 5.32 Å². The van der Waals surface area contributed by atoms with Gasteiger partial charge in [-0.05, 0) is 57.8 Å². The van der Waals surface area contributed by atoms with Crippen molar-refractivity contribution in [2.75, 3.05) is 19.8 Å². The van der Waals surface area contributed by atoms with Crippen molar-refractivity contribution in [2.24, 2.45) is 0 Å². The molecule has 97 heavy (non-hydrogen) atoms. The lowest BCUT2D eigenvalue weighted by Gasteiger charge is -2.46. The van der Waals surface area contributed by atoms with E-state index in [9.17, 15) is 45.6 Å². The number of unbranched alkanes of at least 4 members (excludes halogenated alkanes) is 54. The smallest absolute Gasteiger partial charge is 0.220 e. The average Bonchev–Trinajstić information content (AvgIpc) is 0.794. The molecule has 0 spiro atoms. The molecule has 2 aliphatic heterocycles. The third-order valence-corrected chi connectivity index (χ3v) is 20.5. The molecule has 2 heterocycles. The Balaban J connectivity index is 1.59. The number of aliphatic hydroxyl groups is 8. The third-order valence-electron chi connectivity index (χ3n) is 20.5. The van der Waals surface area contributed by atoms with Gasteiger partial charge in [0.15, 0.2) is 12.6 Å². The van der Waals surface area contributed by atoms with E-state index in [2.05, 4.69) is 43.5 Å². The molecule has 0 aromatic carbocycles. The zero-order chi connectivity index (χ0) is 70.1. The maximum absolute atomic E-state index is 13.4. The van der Waals surface area contributed by atoms with Crippen molar-refractivity contribution in [1.82, 2.24) is 5.32 Å². The Labute approximate surface area is 595 Å². The van der Waals surface area contributed by atoms with Crippen LogP contribution >= 0.6 is 0 Å². The number of carbonyl (C=O) groups is 1. The van der Waals surface area contributed by atoms with Gasteiger partial charge in [-0.1, -0.05) is 365 Å². The number of ether oxygens (including phenoxy) is 4. The highest BCUT2D eigenvalue weighted by Gasteiger charge is 2.51. The molecule has 2 aliphatic rings. The monoisotopic (exact) mass is 1380 g/mol. The molecule has 12 unspecified atom stereocenters. The molecule has 14 nitrogen and oxygen atoms in total. The number of hydrogen-bond acceptors (Lipinski definition) is 13. The minimum atomic E-state index is -1.79. The fraction of sp³-hybridized carbons (Fsp3) is 0.916. The Morgan fingerprint density at radius 3 is 1.01 bits per heavy atom. The van der Waals surface area contributed by atoms with Gasteiger partial charge in [-0.3, -0.25) is 4.79 Å².